The molecule has 0 fully saturated rings. The Labute approximate surface area is 125 Å². The first-order valence-electron chi connectivity index (χ1n) is 6.13. The van der Waals surface area contributed by atoms with Crippen molar-refractivity contribution in [3.05, 3.63) is 24.3 Å². The van der Waals surface area contributed by atoms with E-state index in [1.165, 1.54) is 4.52 Å². The highest BCUT2D eigenvalue weighted by Crippen LogP contribution is 2.21. The van der Waals surface area contributed by atoms with E-state index in [-0.39, 0.29) is 16.9 Å². The molecule has 3 rings (SSSR count). The minimum Gasteiger partial charge on any atom is -0.497 e. The van der Waals surface area contributed by atoms with Gasteiger partial charge in [0.1, 0.15) is 5.75 Å². The summed E-state index contributed by atoms with van der Waals surface area (Å²) in [5, 5.41) is 3.80. The summed E-state index contributed by atoms with van der Waals surface area (Å²) in [5.74, 6) is 0.940. The first-order valence-corrected chi connectivity index (χ1v) is 8.02. The highest BCUT2D eigenvalue weighted by molar-refractivity contribution is 7.90. The molecular weight excluding hydrogens is 308 g/mol. The summed E-state index contributed by atoms with van der Waals surface area (Å²) in [6.45, 7) is 0. The van der Waals surface area contributed by atoms with E-state index in [9.17, 15) is 8.42 Å². The van der Waals surface area contributed by atoms with Gasteiger partial charge in [-0.05, 0) is 12.1 Å². The van der Waals surface area contributed by atoms with Crippen molar-refractivity contribution in [3.63, 3.8) is 0 Å². The third-order valence-corrected chi connectivity index (χ3v) is 3.72. The molecule has 9 nitrogen and oxygen atoms in total. The smallest absolute Gasteiger partial charge is 0.258 e. The first-order chi connectivity index (χ1) is 10.4. The highest BCUT2D eigenvalue weighted by atomic mass is 32.2. The molecule has 0 bridgehead atoms. The Balaban J connectivity index is 2.19. The largest absolute Gasteiger partial charge is 0.497 e. The monoisotopic (exact) mass is 320 g/mol. The fourth-order valence-corrected chi connectivity index (χ4v) is 2.34. The van der Waals surface area contributed by atoms with E-state index in [0.717, 1.165) is 6.26 Å². The molecule has 0 aliphatic rings. The number of sulfone groups is 1. The molecule has 0 aliphatic heterocycles. The van der Waals surface area contributed by atoms with Crippen molar-refractivity contribution in [1.29, 1.82) is 0 Å². The number of fused-ring (bicyclic) bond motifs is 1. The van der Waals surface area contributed by atoms with E-state index >= 15 is 0 Å². The summed E-state index contributed by atoms with van der Waals surface area (Å²) in [6.07, 6.45) is 0.998. The van der Waals surface area contributed by atoms with Gasteiger partial charge in [-0.25, -0.2) is 8.42 Å². The van der Waals surface area contributed by atoms with Gasteiger partial charge in [0, 0.05) is 11.8 Å². The number of nitrogens with two attached hydrogens (primary N) is 1. The average molecular weight is 320 g/mol. The maximum absolute atomic E-state index is 11.5. The summed E-state index contributed by atoms with van der Waals surface area (Å²) in [7, 11) is -2.03. The lowest BCUT2D eigenvalue weighted by atomic mass is 10.2. The summed E-state index contributed by atoms with van der Waals surface area (Å²) < 4.78 is 29.4. The number of nitrogens with zero attached hydrogens (tertiary/aromatic N) is 5. The second-order valence-corrected chi connectivity index (χ2v) is 6.43. The van der Waals surface area contributed by atoms with Crippen molar-refractivity contribution < 1.29 is 13.2 Å². The molecule has 3 aromatic rings. The lowest BCUT2D eigenvalue weighted by Gasteiger charge is -2.00. The molecule has 2 heterocycles. The van der Waals surface area contributed by atoms with E-state index in [1.807, 2.05) is 0 Å². The molecule has 2 aromatic heterocycles. The zero-order valence-corrected chi connectivity index (χ0v) is 12.6. The zero-order valence-electron chi connectivity index (χ0n) is 11.8. The zero-order chi connectivity index (χ0) is 15.9. The Morgan fingerprint density at radius 3 is 2.68 bits per heavy atom. The number of ether oxygens (including phenoxy) is 1. The standard InChI is InChI=1S/C12H12N6O3S/c1-21-8-5-3-4-7(6-8)9-14-11-16-12(22(2,19)20)15-10(13)18(11)17-9/h3-6H,1-2H3,(H2,13,14,15,16,17). The minimum absolute atomic E-state index is 0.0609. The van der Waals surface area contributed by atoms with Crippen molar-refractivity contribution in [3.8, 4) is 17.1 Å². The fourth-order valence-electron chi connectivity index (χ4n) is 1.84. The van der Waals surface area contributed by atoms with Crippen LogP contribution in [0.5, 0.6) is 5.75 Å². The van der Waals surface area contributed by atoms with Gasteiger partial charge in [-0.15, -0.1) is 5.10 Å². The quantitative estimate of drug-likeness (QED) is 0.724. The summed E-state index contributed by atoms with van der Waals surface area (Å²) >= 11 is 0. The number of hydrogen-bond acceptors (Lipinski definition) is 8. The molecule has 0 aliphatic carbocycles. The van der Waals surface area contributed by atoms with Gasteiger partial charge >= 0.3 is 0 Å². The van der Waals surface area contributed by atoms with Crippen LogP contribution in [0.15, 0.2) is 29.4 Å². The summed E-state index contributed by atoms with van der Waals surface area (Å²) in [6, 6.07) is 7.11. The third-order valence-electron chi connectivity index (χ3n) is 2.87. The van der Waals surface area contributed by atoms with Crippen molar-refractivity contribution in [2.24, 2.45) is 0 Å². The maximum atomic E-state index is 11.5. The van der Waals surface area contributed by atoms with Crippen LogP contribution in [-0.4, -0.2) is 46.3 Å². The van der Waals surface area contributed by atoms with E-state index in [1.54, 1.807) is 31.4 Å². The topological polar surface area (TPSA) is 125 Å². The van der Waals surface area contributed by atoms with Crippen LogP contribution in [0, 0.1) is 0 Å². The lowest BCUT2D eigenvalue weighted by molar-refractivity contribution is 0.415. The molecular formula is C12H12N6O3S. The number of rotatable bonds is 3. The molecule has 0 amide bonds. The molecule has 10 heteroatoms. The molecule has 22 heavy (non-hydrogen) atoms. The predicted octanol–water partition coefficient (Wildman–Crippen LogP) is 0.181. The van der Waals surface area contributed by atoms with E-state index in [4.69, 9.17) is 10.5 Å². The first kappa shape index (κ1) is 14.2. The van der Waals surface area contributed by atoms with Crippen molar-refractivity contribution in [2.75, 3.05) is 19.1 Å². The van der Waals surface area contributed by atoms with Gasteiger partial charge in [-0.3, -0.25) is 0 Å². The fraction of sp³-hybridized carbons (Fsp3) is 0.167. The number of nitrogen functional groups attached to an aromatic ring is 1. The van der Waals surface area contributed by atoms with Gasteiger partial charge in [0.2, 0.25) is 15.8 Å². The Morgan fingerprint density at radius 2 is 2.00 bits per heavy atom. The molecule has 0 unspecified atom stereocenters. The molecule has 1 aromatic carbocycles. The van der Waals surface area contributed by atoms with Crippen LogP contribution >= 0.6 is 0 Å². The Kier molecular flexibility index (Phi) is 3.17. The molecule has 0 saturated carbocycles. The normalized spacial score (nSPS) is 11.7. The van der Waals surface area contributed by atoms with Crippen molar-refractivity contribution in [1.82, 2.24) is 24.6 Å². The van der Waals surface area contributed by atoms with Crippen LogP contribution in [0.4, 0.5) is 5.95 Å². The molecule has 2 N–H and O–H groups in total. The Morgan fingerprint density at radius 1 is 1.23 bits per heavy atom. The number of hydrogen-bond donors (Lipinski definition) is 1. The van der Waals surface area contributed by atoms with Crippen molar-refractivity contribution in [2.45, 2.75) is 5.16 Å². The van der Waals surface area contributed by atoms with Crippen LogP contribution in [0.2, 0.25) is 0 Å². The van der Waals surface area contributed by atoms with Gasteiger partial charge in [0.05, 0.1) is 7.11 Å². The van der Waals surface area contributed by atoms with Crippen molar-refractivity contribution >= 4 is 21.6 Å². The second-order valence-electron chi connectivity index (χ2n) is 4.52. The molecule has 0 saturated heterocycles. The second kappa shape index (κ2) is 4.91. The van der Waals surface area contributed by atoms with E-state index in [2.05, 4.69) is 20.1 Å². The van der Waals surface area contributed by atoms with Crippen LogP contribution < -0.4 is 10.5 Å². The van der Waals surface area contributed by atoms with Crippen LogP contribution in [0.25, 0.3) is 17.2 Å². The lowest BCUT2D eigenvalue weighted by Crippen LogP contribution is -2.11. The average Bonchev–Trinajstić information content (AvgIpc) is 2.91. The van der Waals surface area contributed by atoms with Gasteiger partial charge in [0.25, 0.3) is 10.9 Å². The maximum Gasteiger partial charge on any atom is 0.258 e. The van der Waals surface area contributed by atoms with Gasteiger partial charge in [-0.2, -0.15) is 19.5 Å². The third kappa shape index (κ3) is 2.44. The number of aromatic nitrogens is 5. The van der Waals surface area contributed by atoms with Crippen LogP contribution in [-0.2, 0) is 9.84 Å². The molecule has 114 valence electrons. The van der Waals surface area contributed by atoms with Gasteiger partial charge in [-0.1, -0.05) is 12.1 Å². The molecule has 0 atom stereocenters. The van der Waals surface area contributed by atoms with Crippen LogP contribution in [0.3, 0.4) is 0 Å². The van der Waals surface area contributed by atoms with E-state index < -0.39 is 9.84 Å². The number of benzene rings is 1. The van der Waals surface area contributed by atoms with Gasteiger partial charge < -0.3 is 10.5 Å². The van der Waals surface area contributed by atoms with Gasteiger partial charge in [0.15, 0.2) is 5.82 Å². The highest BCUT2D eigenvalue weighted by Gasteiger charge is 2.17. The summed E-state index contributed by atoms with van der Waals surface area (Å²) in [4.78, 5) is 11.8. The Hall–Kier alpha value is -2.75. The predicted molar refractivity (Wildman–Crippen MR) is 78.1 cm³/mol. The SMILES string of the molecule is COc1cccc(-c2nc3nc(S(C)(=O)=O)nc(N)n3n2)c1. The number of methoxy groups -OCH3 is 1. The van der Waals surface area contributed by atoms with Crippen LogP contribution in [0.1, 0.15) is 0 Å². The summed E-state index contributed by atoms with van der Waals surface area (Å²) in [5.41, 5.74) is 6.41. The minimum atomic E-state index is -3.59. The molecule has 0 spiro atoms. The van der Waals surface area contributed by atoms with E-state index in [0.29, 0.717) is 17.1 Å². The molecule has 0 radical (unpaired) electrons. The Bertz CT molecular complexity index is 966. The number of anilines is 1.